The van der Waals surface area contributed by atoms with Crippen LogP contribution in [0.1, 0.15) is 13.8 Å². The minimum absolute atomic E-state index is 0.521. The highest BCUT2D eigenvalue weighted by molar-refractivity contribution is 6.22. The molecule has 0 saturated carbocycles. The SMILES string of the molecule is CC.c1ccc2cc(-c3nc(-c4ccc5c(c4)oc4ccccc45)nc(-n4c5c(-c6ccc7c(c6)oc6ccc8ccccc8c67)cccc5c5ccc6ccccc6c54)n3)ccc2c1. The lowest BCUT2D eigenvalue weighted by atomic mass is 9.99. The van der Waals surface area contributed by atoms with Gasteiger partial charge in [-0.25, -0.2) is 4.98 Å². The molecule has 0 fully saturated rings. The summed E-state index contributed by atoms with van der Waals surface area (Å²) in [6, 6.07) is 68.0. The molecule has 6 heteroatoms. The van der Waals surface area contributed by atoms with E-state index in [9.17, 15) is 0 Å². The summed E-state index contributed by atoms with van der Waals surface area (Å²) in [6.45, 7) is 4.00. The van der Waals surface area contributed by atoms with Crippen LogP contribution in [0.25, 0.3) is 138 Å². The average molecular weight is 835 g/mol. The molecule has 14 aromatic rings. The van der Waals surface area contributed by atoms with E-state index in [0.29, 0.717) is 17.6 Å². The highest BCUT2D eigenvalue weighted by Gasteiger charge is 2.23. The molecule has 0 aliphatic heterocycles. The van der Waals surface area contributed by atoms with Gasteiger partial charge in [-0.15, -0.1) is 0 Å². The topological polar surface area (TPSA) is 69.9 Å². The zero-order valence-electron chi connectivity index (χ0n) is 35.6. The van der Waals surface area contributed by atoms with E-state index in [1.807, 2.05) is 32.0 Å². The van der Waals surface area contributed by atoms with E-state index in [0.717, 1.165) is 109 Å². The van der Waals surface area contributed by atoms with Crippen LogP contribution in [-0.2, 0) is 0 Å². The van der Waals surface area contributed by atoms with E-state index < -0.39 is 0 Å². The van der Waals surface area contributed by atoms with Gasteiger partial charge in [0.15, 0.2) is 11.6 Å². The van der Waals surface area contributed by atoms with Crippen molar-refractivity contribution in [2.24, 2.45) is 0 Å². The zero-order valence-corrected chi connectivity index (χ0v) is 35.6. The van der Waals surface area contributed by atoms with E-state index in [1.54, 1.807) is 0 Å². The van der Waals surface area contributed by atoms with Crippen molar-refractivity contribution in [1.29, 1.82) is 0 Å². The molecule has 0 aliphatic rings. The Bertz CT molecular complexity index is 4230. The monoisotopic (exact) mass is 834 g/mol. The van der Waals surface area contributed by atoms with Crippen LogP contribution >= 0.6 is 0 Å². The minimum Gasteiger partial charge on any atom is -0.456 e. The van der Waals surface area contributed by atoms with Gasteiger partial charge in [0.2, 0.25) is 5.95 Å². The molecular formula is C59H38N4O2. The first-order valence-corrected chi connectivity index (χ1v) is 22.2. The summed E-state index contributed by atoms with van der Waals surface area (Å²) in [5.74, 6) is 1.65. The van der Waals surface area contributed by atoms with Gasteiger partial charge in [-0.2, -0.15) is 9.97 Å². The van der Waals surface area contributed by atoms with Gasteiger partial charge in [-0.05, 0) is 75.0 Å². The maximum Gasteiger partial charge on any atom is 0.238 e. The van der Waals surface area contributed by atoms with E-state index in [1.165, 1.54) is 10.8 Å². The fraction of sp³-hybridized carbons (Fsp3) is 0.0339. The molecule has 0 saturated heterocycles. The number of nitrogens with zero attached hydrogens (tertiary/aromatic N) is 4. The number of hydrogen-bond donors (Lipinski definition) is 0. The van der Waals surface area contributed by atoms with Gasteiger partial charge >= 0.3 is 0 Å². The van der Waals surface area contributed by atoms with Gasteiger partial charge in [-0.1, -0.05) is 166 Å². The van der Waals surface area contributed by atoms with Crippen molar-refractivity contribution in [1.82, 2.24) is 19.5 Å². The molecule has 0 spiro atoms. The van der Waals surface area contributed by atoms with Gasteiger partial charge in [0, 0.05) is 54.4 Å². The van der Waals surface area contributed by atoms with Crippen LogP contribution in [0.2, 0.25) is 0 Å². The first-order chi connectivity index (χ1) is 32.2. The number of fused-ring (bicyclic) bond motifs is 14. The Balaban J connectivity index is 0.00000209. The summed E-state index contributed by atoms with van der Waals surface area (Å²) < 4.78 is 15.3. The molecule has 0 amide bonds. The van der Waals surface area contributed by atoms with E-state index in [4.69, 9.17) is 23.8 Å². The number of para-hydroxylation sites is 2. The van der Waals surface area contributed by atoms with Crippen LogP contribution in [0, 0.1) is 0 Å². The number of benzene rings is 10. The number of hydrogen-bond acceptors (Lipinski definition) is 5. The third kappa shape index (κ3) is 5.70. The second-order valence-electron chi connectivity index (χ2n) is 16.3. The molecular weight excluding hydrogens is 797 g/mol. The van der Waals surface area contributed by atoms with Gasteiger partial charge < -0.3 is 8.83 Å². The summed E-state index contributed by atoms with van der Waals surface area (Å²) in [7, 11) is 0. The minimum atomic E-state index is 0.521. The third-order valence-electron chi connectivity index (χ3n) is 12.8. The van der Waals surface area contributed by atoms with Crippen molar-refractivity contribution in [3.63, 3.8) is 0 Å². The number of furan rings is 2. The van der Waals surface area contributed by atoms with Crippen molar-refractivity contribution in [2.45, 2.75) is 13.8 Å². The van der Waals surface area contributed by atoms with Crippen LogP contribution in [0.5, 0.6) is 0 Å². The molecule has 65 heavy (non-hydrogen) atoms. The lowest BCUT2D eigenvalue weighted by Crippen LogP contribution is -2.07. The normalized spacial score (nSPS) is 11.8. The molecule has 306 valence electrons. The molecule has 0 radical (unpaired) electrons. The van der Waals surface area contributed by atoms with E-state index in [-0.39, 0.29) is 0 Å². The van der Waals surface area contributed by atoms with Gasteiger partial charge in [0.1, 0.15) is 22.3 Å². The zero-order chi connectivity index (χ0) is 43.2. The summed E-state index contributed by atoms with van der Waals surface area (Å²) in [4.78, 5) is 16.1. The van der Waals surface area contributed by atoms with Crippen molar-refractivity contribution in [3.8, 4) is 39.9 Å². The lowest BCUT2D eigenvalue weighted by Gasteiger charge is -2.14. The Morgan fingerprint density at radius 3 is 1.72 bits per heavy atom. The Hall–Kier alpha value is -8.61. The fourth-order valence-corrected chi connectivity index (χ4v) is 9.89. The fourth-order valence-electron chi connectivity index (χ4n) is 9.89. The Kier molecular flexibility index (Phi) is 8.24. The predicted molar refractivity (Wildman–Crippen MR) is 269 cm³/mol. The molecule has 0 unspecified atom stereocenters. The second kappa shape index (κ2) is 14.5. The van der Waals surface area contributed by atoms with Gasteiger partial charge in [-0.3, -0.25) is 4.57 Å². The van der Waals surface area contributed by atoms with Crippen molar-refractivity contribution in [2.75, 3.05) is 0 Å². The van der Waals surface area contributed by atoms with Crippen LogP contribution in [0.4, 0.5) is 0 Å². The maximum absolute atomic E-state index is 6.63. The van der Waals surface area contributed by atoms with Crippen molar-refractivity contribution in [3.05, 3.63) is 194 Å². The Labute approximate surface area is 372 Å². The number of aromatic nitrogens is 4. The molecule has 4 heterocycles. The summed E-state index contributed by atoms with van der Waals surface area (Å²) in [6.07, 6.45) is 0. The molecule has 0 N–H and O–H groups in total. The lowest BCUT2D eigenvalue weighted by molar-refractivity contribution is 0.668. The van der Waals surface area contributed by atoms with Crippen LogP contribution in [0.3, 0.4) is 0 Å². The standard InChI is InChI=1S/C57H32N4O2.C2H6/c1-2-13-36-30-38(21-20-33(36)10-1)55-58-56(39-24-26-44-43-16-7-8-19-48(43)62-50(44)32-39)60-57(59-55)61-53-41-15-6-4-12-35(41)22-27-46(53)45-18-9-17-42(54(45)61)37-23-28-47-51(31-37)63-49-29-25-34-11-3-5-14-40(34)52(47)49;1-2/h1-32H;1-2H3. The highest BCUT2D eigenvalue weighted by atomic mass is 16.3. The molecule has 0 atom stereocenters. The third-order valence-corrected chi connectivity index (χ3v) is 12.8. The largest absolute Gasteiger partial charge is 0.456 e. The molecule has 0 aliphatic carbocycles. The highest BCUT2D eigenvalue weighted by Crippen LogP contribution is 2.43. The van der Waals surface area contributed by atoms with Crippen LogP contribution in [-0.4, -0.2) is 19.5 Å². The molecule has 14 rings (SSSR count). The first-order valence-electron chi connectivity index (χ1n) is 22.2. The summed E-state index contributed by atoms with van der Waals surface area (Å²) in [5.41, 5.74) is 9.17. The average Bonchev–Trinajstić information content (AvgIpc) is 4.06. The van der Waals surface area contributed by atoms with Crippen molar-refractivity contribution < 1.29 is 8.83 Å². The Morgan fingerprint density at radius 1 is 0.338 bits per heavy atom. The van der Waals surface area contributed by atoms with Gasteiger partial charge in [0.25, 0.3) is 0 Å². The van der Waals surface area contributed by atoms with Crippen LogP contribution < -0.4 is 0 Å². The molecule has 6 nitrogen and oxygen atoms in total. The van der Waals surface area contributed by atoms with E-state index in [2.05, 4.69) is 180 Å². The molecule has 10 aromatic carbocycles. The molecule has 0 bridgehead atoms. The number of rotatable bonds is 4. The van der Waals surface area contributed by atoms with Crippen LogP contribution in [0.15, 0.2) is 203 Å². The van der Waals surface area contributed by atoms with Gasteiger partial charge in [0.05, 0.1) is 11.0 Å². The Morgan fingerprint density at radius 2 is 0.877 bits per heavy atom. The quantitative estimate of drug-likeness (QED) is 0.177. The smallest absolute Gasteiger partial charge is 0.238 e. The van der Waals surface area contributed by atoms with Crippen molar-refractivity contribution >= 4 is 98.0 Å². The first kappa shape index (κ1) is 37.0. The summed E-state index contributed by atoms with van der Waals surface area (Å²) >= 11 is 0. The summed E-state index contributed by atoms with van der Waals surface area (Å²) in [5, 5.41) is 13.4. The maximum atomic E-state index is 6.63. The predicted octanol–water partition coefficient (Wildman–Crippen LogP) is 16.3. The molecule has 4 aromatic heterocycles. The van der Waals surface area contributed by atoms with E-state index >= 15 is 0 Å². The second-order valence-corrected chi connectivity index (χ2v) is 16.3.